The van der Waals surface area contributed by atoms with E-state index in [0.29, 0.717) is 31.2 Å². The second-order valence-electron chi connectivity index (χ2n) is 8.16. The van der Waals surface area contributed by atoms with Gasteiger partial charge in [0.15, 0.2) is 0 Å². The average molecular weight is 467 g/mol. The van der Waals surface area contributed by atoms with Gasteiger partial charge in [0.05, 0.1) is 28.8 Å². The number of benzene rings is 2. The Kier molecular flexibility index (Phi) is 5.80. The van der Waals surface area contributed by atoms with Crippen LogP contribution in [0.2, 0.25) is 0 Å². The third-order valence-corrected chi connectivity index (χ3v) is 5.77. The molecule has 0 unspecified atom stereocenters. The van der Waals surface area contributed by atoms with Gasteiger partial charge in [-0.1, -0.05) is 24.3 Å². The van der Waals surface area contributed by atoms with Crippen molar-refractivity contribution in [3.8, 4) is 11.3 Å². The van der Waals surface area contributed by atoms with E-state index < -0.39 is 5.97 Å². The molecule has 0 spiro atoms. The number of para-hydroxylation sites is 2. The fourth-order valence-corrected chi connectivity index (χ4v) is 4.01. The van der Waals surface area contributed by atoms with E-state index in [0.717, 1.165) is 27.7 Å². The van der Waals surface area contributed by atoms with Crippen molar-refractivity contribution in [2.24, 2.45) is 0 Å². The third kappa shape index (κ3) is 4.65. The highest BCUT2D eigenvalue weighted by molar-refractivity contribution is 5.87. The molecule has 9 nitrogen and oxygen atoms in total. The standard InChI is InChI=1S/C26H22N6O3/c27-26-29-22-6-1-2-7-23(22)31(26)16-18-13-20(15-28-14-18)21-8-9-24(33)32(30-21)11-10-17-4-3-5-19(12-17)25(34)35/h1-9,12-15H,10-11,16H2,(H2,27,29)(H,34,35). The van der Waals surface area contributed by atoms with E-state index in [1.54, 1.807) is 30.6 Å². The number of anilines is 1. The molecule has 2 aromatic carbocycles. The maximum absolute atomic E-state index is 12.4. The molecule has 0 radical (unpaired) electrons. The molecule has 174 valence electrons. The number of nitrogens with zero attached hydrogens (tertiary/aromatic N) is 5. The predicted molar refractivity (Wildman–Crippen MR) is 132 cm³/mol. The third-order valence-electron chi connectivity index (χ3n) is 5.77. The molecule has 0 amide bonds. The van der Waals surface area contributed by atoms with E-state index in [4.69, 9.17) is 5.73 Å². The number of nitrogen functional groups attached to an aromatic ring is 1. The lowest BCUT2D eigenvalue weighted by Crippen LogP contribution is -2.23. The molecule has 0 atom stereocenters. The number of fused-ring (bicyclic) bond motifs is 1. The molecular weight excluding hydrogens is 444 g/mol. The van der Waals surface area contributed by atoms with E-state index in [2.05, 4.69) is 15.1 Å². The number of aromatic nitrogens is 5. The minimum Gasteiger partial charge on any atom is -0.478 e. The van der Waals surface area contributed by atoms with Crippen molar-refractivity contribution < 1.29 is 9.90 Å². The molecule has 3 heterocycles. The largest absolute Gasteiger partial charge is 0.478 e. The van der Waals surface area contributed by atoms with Crippen LogP contribution in [0.15, 0.2) is 83.9 Å². The highest BCUT2D eigenvalue weighted by Crippen LogP contribution is 2.21. The number of carbonyl (C=O) groups is 1. The topological polar surface area (TPSA) is 129 Å². The number of aromatic carboxylic acids is 1. The zero-order chi connectivity index (χ0) is 24.4. The molecule has 0 bridgehead atoms. The zero-order valence-electron chi connectivity index (χ0n) is 18.7. The van der Waals surface area contributed by atoms with Crippen LogP contribution in [0.5, 0.6) is 0 Å². The summed E-state index contributed by atoms with van der Waals surface area (Å²) in [6.07, 6.45) is 3.94. The Hall–Kier alpha value is -4.79. The monoisotopic (exact) mass is 466 g/mol. The summed E-state index contributed by atoms with van der Waals surface area (Å²) in [5, 5.41) is 13.7. The second-order valence-corrected chi connectivity index (χ2v) is 8.16. The number of hydrogen-bond acceptors (Lipinski definition) is 6. The van der Waals surface area contributed by atoms with Gasteiger partial charge in [0.25, 0.3) is 5.56 Å². The normalized spacial score (nSPS) is 11.1. The quantitative estimate of drug-likeness (QED) is 0.377. The van der Waals surface area contributed by atoms with Gasteiger partial charge in [0.2, 0.25) is 5.95 Å². The van der Waals surface area contributed by atoms with Crippen LogP contribution in [0.1, 0.15) is 21.5 Å². The number of carboxylic acids is 1. The lowest BCUT2D eigenvalue weighted by atomic mass is 10.1. The summed E-state index contributed by atoms with van der Waals surface area (Å²) in [6, 6.07) is 19.5. The first-order chi connectivity index (χ1) is 17.0. The fraction of sp³-hybridized carbons (Fsp3) is 0.115. The molecule has 35 heavy (non-hydrogen) atoms. The smallest absolute Gasteiger partial charge is 0.335 e. The number of aryl methyl sites for hydroxylation is 2. The maximum atomic E-state index is 12.4. The Labute approximate surface area is 200 Å². The summed E-state index contributed by atoms with van der Waals surface area (Å²) in [7, 11) is 0. The van der Waals surface area contributed by atoms with Gasteiger partial charge in [0.1, 0.15) is 0 Å². The first kappa shape index (κ1) is 22.0. The first-order valence-electron chi connectivity index (χ1n) is 11.0. The summed E-state index contributed by atoms with van der Waals surface area (Å²) in [5.74, 6) is -0.558. The summed E-state index contributed by atoms with van der Waals surface area (Å²) < 4.78 is 3.31. The molecule has 0 saturated carbocycles. The number of carboxylic acid groups (broad SMARTS) is 1. The molecule has 0 saturated heterocycles. The van der Waals surface area contributed by atoms with Crippen molar-refractivity contribution in [3.63, 3.8) is 0 Å². The van der Waals surface area contributed by atoms with Gasteiger partial charge < -0.3 is 15.4 Å². The van der Waals surface area contributed by atoms with Gasteiger partial charge in [-0.2, -0.15) is 5.10 Å². The van der Waals surface area contributed by atoms with Gasteiger partial charge in [-0.15, -0.1) is 0 Å². The molecule has 0 fully saturated rings. The van der Waals surface area contributed by atoms with E-state index >= 15 is 0 Å². The van der Waals surface area contributed by atoms with Crippen LogP contribution in [0, 0.1) is 0 Å². The van der Waals surface area contributed by atoms with Crippen molar-refractivity contribution in [1.82, 2.24) is 24.3 Å². The molecule has 3 aromatic heterocycles. The van der Waals surface area contributed by atoms with E-state index in [1.165, 1.54) is 16.8 Å². The summed E-state index contributed by atoms with van der Waals surface area (Å²) in [6.45, 7) is 0.813. The Bertz CT molecular complexity index is 1600. The minimum atomic E-state index is -0.984. The summed E-state index contributed by atoms with van der Waals surface area (Å²) in [4.78, 5) is 32.4. The van der Waals surface area contributed by atoms with E-state index in [-0.39, 0.29) is 11.1 Å². The highest BCUT2D eigenvalue weighted by Gasteiger charge is 2.11. The van der Waals surface area contributed by atoms with Crippen molar-refractivity contribution in [2.75, 3.05) is 5.73 Å². The van der Waals surface area contributed by atoms with Crippen LogP contribution in [-0.2, 0) is 19.5 Å². The van der Waals surface area contributed by atoms with Crippen LogP contribution in [0.25, 0.3) is 22.3 Å². The Morgan fingerprint density at radius 2 is 1.83 bits per heavy atom. The molecule has 0 aliphatic rings. The molecule has 0 aliphatic carbocycles. The van der Waals surface area contributed by atoms with Crippen LogP contribution < -0.4 is 11.3 Å². The molecule has 3 N–H and O–H groups in total. The predicted octanol–water partition coefficient (Wildman–Crippen LogP) is 3.23. The van der Waals surface area contributed by atoms with Gasteiger partial charge in [-0.25, -0.2) is 14.5 Å². The van der Waals surface area contributed by atoms with Crippen LogP contribution in [0.3, 0.4) is 0 Å². The zero-order valence-corrected chi connectivity index (χ0v) is 18.7. The highest BCUT2D eigenvalue weighted by atomic mass is 16.4. The fourth-order valence-electron chi connectivity index (χ4n) is 4.01. The maximum Gasteiger partial charge on any atom is 0.335 e. The summed E-state index contributed by atoms with van der Waals surface area (Å²) in [5.41, 5.74) is 11.0. The van der Waals surface area contributed by atoms with Gasteiger partial charge in [0, 0.05) is 30.6 Å². The van der Waals surface area contributed by atoms with Gasteiger partial charge in [-0.05, 0) is 53.9 Å². The van der Waals surface area contributed by atoms with Crippen molar-refractivity contribution in [2.45, 2.75) is 19.5 Å². The summed E-state index contributed by atoms with van der Waals surface area (Å²) >= 11 is 0. The van der Waals surface area contributed by atoms with Crippen LogP contribution in [-0.4, -0.2) is 35.4 Å². The second kappa shape index (κ2) is 9.22. The Balaban J connectivity index is 1.39. The number of imidazole rings is 1. The Morgan fingerprint density at radius 3 is 2.69 bits per heavy atom. The lowest BCUT2D eigenvalue weighted by Gasteiger charge is -2.10. The van der Waals surface area contributed by atoms with Crippen LogP contribution >= 0.6 is 0 Å². The van der Waals surface area contributed by atoms with Crippen LogP contribution in [0.4, 0.5) is 5.95 Å². The first-order valence-corrected chi connectivity index (χ1v) is 11.0. The SMILES string of the molecule is Nc1nc2ccccc2n1Cc1cncc(-c2ccc(=O)n(CCc3cccc(C(=O)O)c3)n2)c1. The lowest BCUT2D eigenvalue weighted by molar-refractivity contribution is 0.0696. The molecule has 5 aromatic rings. The number of hydrogen-bond donors (Lipinski definition) is 2. The average Bonchev–Trinajstić information content (AvgIpc) is 3.18. The molecule has 9 heteroatoms. The van der Waals surface area contributed by atoms with Gasteiger partial charge in [-0.3, -0.25) is 9.78 Å². The molecular formula is C26H22N6O3. The molecule has 0 aliphatic heterocycles. The number of pyridine rings is 1. The van der Waals surface area contributed by atoms with E-state index in [1.807, 2.05) is 41.0 Å². The van der Waals surface area contributed by atoms with Crippen molar-refractivity contribution in [1.29, 1.82) is 0 Å². The molecule has 5 rings (SSSR count). The van der Waals surface area contributed by atoms with Crippen molar-refractivity contribution in [3.05, 3.63) is 106 Å². The Morgan fingerprint density at radius 1 is 0.971 bits per heavy atom. The number of rotatable bonds is 7. The number of nitrogens with two attached hydrogens (primary N) is 1. The van der Waals surface area contributed by atoms with Gasteiger partial charge >= 0.3 is 5.97 Å². The minimum absolute atomic E-state index is 0.214. The van der Waals surface area contributed by atoms with E-state index in [9.17, 15) is 14.7 Å². The van der Waals surface area contributed by atoms with Crippen molar-refractivity contribution >= 4 is 23.0 Å².